The average Bonchev–Trinajstić information content (AvgIpc) is 3.10. The molecule has 0 amide bonds. The highest BCUT2D eigenvalue weighted by atomic mass is 35.5. The van der Waals surface area contributed by atoms with Crippen molar-refractivity contribution in [1.82, 2.24) is 4.90 Å². The summed E-state index contributed by atoms with van der Waals surface area (Å²) in [6.07, 6.45) is 2.57. The lowest BCUT2D eigenvalue weighted by atomic mass is 9.82. The maximum absolute atomic E-state index is 6.05. The molecule has 1 aliphatic rings. The number of nitrogens with zero attached hydrogens (tertiary/aromatic N) is 1. The molecule has 1 atom stereocenters. The second-order valence-corrected chi connectivity index (χ2v) is 6.46. The summed E-state index contributed by atoms with van der Waals surface area (Å²) >= 11 is 5.91. The van der Waals surface area contributed by atoms with E-state index >= 15 is 0 Å². The van der Waals surface area contributed by atoms with Crippen LogP contribution in [0.5, 0.6) is 0 Å². The Morgan fingerprint density at radius 3 is 2.33 bits per heavy atom. The van der Waals surface area contributed by atoms with Crippen LogP contribution in [0.15, 0.2) is 24.3 Å². The van der Waals surface area contributed by atoms with E-state index < -0.39 is 0 Å². The predicted molar refractivity (Wildman–Crippen MR) is 77.7 cm³/mol. The summed E-state index contributed by atoms with van der Waals surface area (Å²) in [7, 11) is 2.17. The standard InChI is InChI=1S/C15H23ClN2/c1-14(8-9-14)15(2,11-17)18(3)10-12-4-6-13(16)7-5-12/h4-7H,8-11,17H2,1-3H3. The number of nitrogens with two attached hydrogens (primary N) is 1. The minimum Gasteiger partial charge on any atom is -0.329 e. The smallest absolute Gasteiger partial charge is 0.0406 e. The van der Waals surface area contributed by atoms with Gasteiger partial charge in [-0.25, -0.2) is 0 Å². The molecule has 0 bridgehead atoms. The quantitative estimate of drug-likeness (QED) is 0.886. The number of hydrogen-bond donors (Lipinski definition) is 1. The fourth-order valence-corrected chi connectivity index (χ4v) is 2.75. The Bertz CT molecular complexity index is 411. The first-order valence-electron chi connectivity index (χ1n) is 6.57. The van der Waals surface area contributed by atoms with Gasteiger partial charge in [0.25, 0.3) is 0 Å². The molecule has 2 N–H and O–H groups in total. The molecule has 0 spiro atoms. The molecule has 1 fully saturated rings. The molecule has 1 saturated carbocycles. The van der Waals surface area contributed by atoms with Crippen molar-refractivity contribution in [2.45, 2.75) is 38.8 Å². The van der Waals surface area contributed by atoms with Gasteiger partial charge in [0.2, 0.25) is 0 Å². The number of benzene rings is 1. The molecule has 1 aromatic carbocycles. The highest BCUT2D eigenvalue weighted by Crippen LogP contribution is 2.55. The lowest BCUT2D eigenvalue weighted by Crippen LogP contribution is -2.55. The second-order valence-electron chi connectivity index (χ2n) is 6.02. The van der Waals surface area contributed by atoms with Crippen molar-refractivity contribution in [3.8, 4) is 0 Å². The maximum Gasteiger partial charge on any atom is 0.0406 e. The Morgan fingerprint density at radius 2 is 1.89 bits per heavy atom. The molecule has 2 nitrogen and oxygen atoms in total. The van der Waals surface area contributed by atoms with Crippen molar-refractivity contribution in [2.24, 2.45) is 11.1 Å². The molecule has 3 heteroatoms. The average molecular weight is 267 g/mol. The van der Waals surface area contributed by atoms with Crippen molar-refractivity contribution < 1.29 is 0 Å². The third kappa shape index (κ3) is 2.42. The molecular weight excluding hydrogens is 244 g/mol. The fourth-order valence-electron chi connectivity index (χ4n) is 2.63. The van der Waals surface area contributed by atoms with Crippen LogP contribution in [0.2, 0.25) is 5.02 Å². The summed E-state index contributed by atoms with van der Waals surface area (Å²) < 4.78 is 0. The van der Waals surface area contributed by atoms with Gasteiger partial charge in [0.1, 0.15) is 0 Å². The zero-order valence-corrected chi connectivity index (χ0v) is 12.3. The van der Waals surface area contributed by atoms with Crippen LogP contribution in [0.4, 0.5) is 0 Å². The number of halogens is 1. The van der Waals surface area contributed by atoms with Gasteiger partial charge in [-0.1, -0.05) is 30.7 Å². The first kappa shape index (κ1) is 13.9. The van der Waals surface area contributed by atoms with Gasteiger partial charge >= 0.3 is 0 Å². The van der Waals surface area contributed by atoms with E-state index in [1.165, 1.54) is 18.4 Å². The van der Waals surface area contributed by atoms with Gasteiger partial charge in [-0.2, -0.15) is 0 Å². The van der Waals surface area contributed by atoms with Crippen LogP contribution >= 0.6 is 11.6 Å². The van der Waals surface area contributed by atoms with Gasteiger partial charge in [-0.15, -0.1) is 0 Å². The van der Waals surface area contributed by atoms with E-state index in [4.69, 9.17) is 17.3 Å². The molecule has 0 heterocycles. The molecule has 100 valence electrons. The zero-order valence-electron chi connectivity index (χ0n) is 11.5. The summed E-state index contributed by atoms with van der Waals surface area (Å²) in [6, 6.07) is 8.07. The summed E-state index contributed by atoms with van der Waals surface area (Å²) in [4.78, 5) is 2.39. The molecular formula is C15H23ClN2. The summed E-state index contributed by atoms with van der Waals surface area (Å²) in [5.74, 6) is 0. The van der Waals surface area contributed by atoms with Crippen molar-refractivity contribution >= 4 is 11.6 Å². The molecule has 0 aromatic heterocycles. The first-order chi connectivity index (χ1) is 8.41. The van der Waals surface area contributed by atoms with Crippen LogP contribution in [-0.4, -0.2) is 24.0 Å². The van der Waals surface area contributed by atoms with Gasteiger partial charge in [0.05, 0.1) is 0 Å². The van der Waals surface area contributed by atoms with Gasteiger partial charge in [0, 0.05) is 23.7 Å². The highest BCUT2D eigenvalue weighted by Gasteiger charge is 2.54. The maximum atomic E-state index is 6.05. The van der Waals surface area contributed by atoms with E-state index in [0.717, 1.165) is 11.6 Å². The number of hydrogen-bond acceptors (Lipinski definition) is 2. The molecule has 0 saturated heterocycles. The third-order valence-electron chi connectivity index (χ3n) is 4.87. The van der Waals surface area contributed by atoms with Crippen molar-refractivity contribution in [1.29, 1.82) is 0 Å². The molecule has 0 radical (unpaired) electrons. The SMILES string of the molecule is CN(Cc1ccc(Cl)cc1)C(C)(CN)C1(C)CC1. The van der Waals surface area contributed by atoms with E-state index in [0.29, 0.717) is 12.0 Å². The zero-order chi connectivity index (χ0) is 13.4. The van der Waals surface area contributed by atoms with E-state index in [1.807, 2.05) is 12.1 Å². The molecule has 0 aliphatic heterocycles. The minimum atomic E-state index is 0.0760. The lowest BCUT2D eigenvalue weighted by molar-refractivity contribution is 0.0659. The summed E-state index contributed by atoms with van der Waals surface area (Å²) in [5.41, 5.74) is 7.79. The van der Waals surface area contributed by atoms with Gasteiger partial charge in [-0.05, 0) is 49.9 Å². The van der Waals surface area contributed by atoms with E-state index in [2.05, 4.69) is 37.9 Å². The van der Waals surface area contributed by atoms with Gasteiger partial charge in [0.15, 0.2) is 0 Å². The van der Waals surface area contributed by atoms with Gasteiger partial charge < -0.3 is 5.73 Å². The molecule has 1 unspecified atom stereocenters. The summed E-state index contributed by atoms with van der Waals surface area (Å²) in [6.45, 7) is 6.25. The van der Waals surface area contributed by atoms with Crippen molar-refractivity contribution in [2.75, 3.05) is 13.6 Å². The summed E-state index contributed by atoms with van der Waals surface area (Å²) in [5, 5.41) is 0.789. The molecule has 1 aromatic rings. The Labute approximate surface area is 115 Å². The van der Waals surface area contributed by atoms with Crippen molar-refractivity contribution in [3.05, 3.63) is 34.9 Å². The Balaban J connectivity index is 2.11. The van der Waals surface area contributed by atoms with Crippen LogP contribution in [0, 0.1) is 5.41 Å². The monoisotopic (exact) mass is 266 g/mol. The molecule has 18 heavy (non-hydrogen) atoms. The Morgan fingerprint density at radius 1 is 1.33 bits per heavy atom. The predicted octanol–water partition coefficient (Wildman–Crippen LogP) is 3.29. The molecule has 2 rings (SSSR count). The fraction of sp³-hybridized carbons (Fsp3) is 0.600. The number of likely N-dealkylation sites (N-methyl/N-ethyl adjacent to an activating group) is 1. The van der Waals surface area contributed by atoms with E-state index in [-0.39, 0.29) is 5.54 Å². The second kappa shape index (κ2) is 4.84. The van der Waals surface area contributed by atoms with Gasteiger partial charge in [-0.3, -0.25) is 4.90 Å². The van der Waals surface area contributed by atoms with Crippen molar-refractivity contribution in [3.63, 3.8) is 0 Å². The topological polar surface area (TPSA) is 29.3 Å². The first-order valence-corrected chi connectivity index (χ1v) is 6.95. The lowest BCUT2D eigenvalue weighted by Gasteiger charge is -2.43. The Kier molecular flexibility index (Phi) is 3.72. The van der Waals surface area contributed by atoms with Crippen LogP contribution in [0.1, 0.15) is 32.3 Å². The van der Waals surface area contributed by atoms with Crippen LogP contribution in [0.3, 0.4) is 0 Å². The van der Waals surface area contributed by atoms with E-state index in [1.54, 1.807) is 0 Å². The molecule has 1 aliphatic carbocycles. The van der Waals surface area contributed by atoms with Crippen LogP contribution in [0.25, 0.3) is 0 Å². The Hall–Kier alpha value is -0.570. The highest BCUT2D eigenvalue weighted by molar-refractivity contribution is 6.30. The number of rotatable bonds is 5. The third-order valence-corrected chi connectivity index (χ3v) is 5.13. The largest absolute Gasteiger partial charge is 0.329 e. The van der Waals surface area contributed by atoms with Crippen LogP contribution in [-0.2, 0) is 6.54 Å². The minimum absolute atomic E-state index is 0.0760. The normalized spacial score (nSPS) is 20.8. The van der Waals surface area contributed by atoms with Crippen LogP contribution < -0.4 is 5.73 Å². The van der Waals surface area contributed by atoms with E-state index in [9.17, 15) is 0 Å².